The second-order valence-electron chi connectivity index (χ2n) is 3.64. The predicted octanol–water partition coefficient (Wildman–Crippen LogP) is 1.44. The lowest BCUT2D eigenvalue weighted by Crippen LogP contribution is -2.42. The molecule has 0 unspecified atom stereocenters. The first-order chi connectivity index (χ1) is 6.47. The lowest BCUT2D eigenvalue weighted by molar-refractivity contribution is 0.221. The first-order valence-electron chi connectivity index (χ1n) is 5.07. The highest BCUT2D eigenvalue weighted by molar-refractivity contribution is 8.03. The van der Waals surface area contributed by atoms with Gasteiger partial charge in [-0.25, -0.2) is 0 Å². The second-order valence-corrected chi connectivity index (χ2v) is 5.79. The minimum absolute atomic E-state index is 0.861. The molecule has 2 aliphatic heterocycles. The summed E-state index contributed by atoms with van der Waals surface area (Å²) in [6.45, 7) is 2.44. The number of hydrogen-bond acceptors (Lipinski definition) is 4. The van der Waals surface area contributed by atoms with Gasteiger partial charge >= 0.3 is 0 Å². The molecule has 0 saturated carbocycles. The van der Waals surface area contributed by atoms with Crippen molar-refractivity contribution in [2.24, 2.45) is 0 Å². The highest BCUT2D eigenvalue weighted by Crippen LogP contribution is 2.22. The average Bonchev–Trinajstić information content (AvgIpc) is 2.47. The van der Waals surface area contributed by atoms with E-state index in [4.69, 9.17) is 0 Å². The van der Waals surface area contributed by atoms with Gasteiger partial charge in [-0.2, -0.15) is 0 Å². The molecule has 1 N–H and O–H groups in total. The van der Waals surface area contributed by atoms with E-state index in [1.165, 1.54) is 49.2 Å². The summed E-state index contributed by atoms with van der Waals surface area (Å²) in [5, 5.41) is 3.43. The van der Waals surface area contributed by atoms with Gasteiger partial charge < -0.3 is 5.32 Å². The summed E-state index contributed by atoms with van der Waals surface area (Å²) in [5.41, 5.74) is 0. The minimum atomic E-state index is 0.861. The fourth-order valence-corrected chi connectivity index (χ4v) is 4.29. The zero-order chi connectivity index (χ0) is 8.93. The Kier molecular flexibility index (Phi) is 4.28. The van der Waals surface area contributed by atoms with Crippen LogP contribution in [0.5, 0.6) is 0 Å². The molecule has 0 amide bonds. The lowest BCUT2D eigenvalue weighted by Gasteiger charge is -2.32. The first kappa shape index (κ1) is 10.1. The van der Waals surface area contributed by atoms with Gasteiger partial charge in [-0.15, -0.1) is 23.5 Å². The van der Waals surface area contributed by atoms with Gasteiger partial charge in [-0.05, 0) is 25.9 Å². The zero-order valence-electron chi connectivity index (χ0n) is 8.00. The maximum atomic E-state index is 3.43. The second kappa shape index (κ2) is 5.49. The molecule has 2 aliphatic rings. The molecule has 0 aromatic rings. The van der Waals surface area contributed by atoms with Crippen LogP contribution >= 0.6 is 23.5 Å². The van der Waals surface area contributed by atoms with Crippen LogP contribution in [0.1, 0.15) is 12.8 Å². The monoisotopic (exact) mass is 218 g/mol. The summed E-state index contributed by atoms with van der Waals surface area (Å²) in [5.74, 6) is 5.20. The summed E-state index contributed by atoms with van der Waals surface area (Å²) >= 11 is 4.20. The Morgan fingerprint density at radius 3 is 2.23 bits per heavy atom. The van der Waals surface area contributed by atoms with Gasteiger partial charge in [-0.3, -0.25) is 4.90 Å². The van der Waals surface area contributed by atoms with Crippen LogP contribution in [0.3, 0.4) is 0 Å². The Morgan fingerprint density at radius 1 is 1.00 bits per heavy atom. The van der Waals surface area contributed by atoms with E-state index in [-0.39, 0.29) is 0 Å². The van der Waals surface area contributed by atoms with E-state index >= 15 is 0 Å². The van der Waals surface area contributed by atoms with E-state index in [9.17, 15) is 0 Å². The molecule has 2 heterocycles. The van der Waals surface area contributed by atoms with E-state index in [1.54, 1.807) is 0 Å². The van der Waals surface area contributed by atoms with Crippen LogP contribution < -0.4 is 5.32 Å². The van der Waals surface area contributed by atoms with E-state index in [1.807, 2.05) is 0 Å². The topological polar surface area (TPSA) is 15.3 Å². The van der Waals surface area contributed by atoms with Crippen LogP contribution in [0.25, 0.3) is 0 Å². The molecule has 13 heavy (non-hydrogen) atoms. The quantitative estimate of drug-likeness (QED) is 0.716. The molecule has 2 rings (SSSR count). The predicted molar refractivity (Wildman–Crippen MR) is 62.4 cm³/mol. The Morgan fingerprint density at radius 2 is 1.62 bits per heavy atom. The third-order valence-corrected chi connectivity index (χ3v) is 4.98. The Labute approximate surface area is 89.2 Å². The van der Waals surface area contributed by atoms with E-state index < -0.39 is 0 Å². The standard InChI is InChI=1S/C9H18N2S2/c1-3-10-4-2-9(1)11-7-12-5-6-13-8-11/h9-10H,1-8H2. The molecular formula is C9H18N2S2. The van der Waals surface area contributed by atoms with Crippen LogP contribution in [0.4, 0.5) is 0 Å². The van der Waals surface area contributed by atoms with Gasteiger partial charge in [0.1, 0.15) is 0 Å². The molecule has 0 aliphatic carbocycles. The third-order valence-electron chi connectivity index (χ3n) is 2.71. The number of thioether (sulfide) groups is 2. The molecule has 0 aromatic carbocycles. The summed E-state index contributed by atoms with van der Waals surface area (Å²) in [6, 6.07) is 0.861. The molecule has 0 spiro atoms. The highest BCUT2D eigenvalue weighted by atomic mass is 32.2. The van der Waals surface area contributed by atoms with Gasteiger partial charge in [-0.1, -0.05) is 0 Å². The molecule has 2 nitrogen and oxygen atoms in total. The normalized spacial score (nSPS) is 28.6. The molecule has 4 heteroatoms. The number of nitrogens with zero attached hydrogens (tertiary/aromatic N) is 1. The SMILES string of the molecule is C1CC(N2CSCCSC2)CCN1. The summed E-state index contributed by atoms with van der Waals surface area (Å²) in [7, 11) is 0. The van der Waals surface area contributed by atoms with Crippen molar-refractivity contribution >= 4 is 23.5 Å². The smallest absolute Gasteiger partial charge is 0.0455 e. The van der Waals surface area contributed by atoms with Gasteiger partial charge in [0.15, 0.2) is 0 Å². The van der Waals surface area contributed by atoms with E-state index in [2.05, 4.69) is 33.7 Å². The highest BCUT2D eigenvalue weighted by Gasteiger charge is 2.21. The number of nitrogens with one attached hydrogen (secondary N) is 1. The van der Waals surface area contributed by atoms with Crippen LogP contribution in [-0.2, 0) is 0 Å². The Bertz CT molecular complexity index is 141. The van der Waals surface area contributed by atoms with Gasteiger partial charge in [0.05, 0.1) is 0 Å². The average molecular weight is 218 g/mol. The molecule has 2 fully saturated rings. The Balaban J connectivity index is 1.82. The van der Waals surface area contributed by atoms with Crippen molar-refractivity contribution in [3.05, 3.63) is 0 Å². The zero-order valence-corrected chi connectivity index (χ0v) is 9.63. The molecule has 2 saturated heterocycles. The maximum Gasteiger partial charge on any atom is 0.0455 e. The van der Waals surface area contributed by atoms with Crippen molar-refractivity contribution in [2.75, 3.05) is 36.3 Å². The lowest BCUT2D eigenvalue weighted by atomic mass is 10.1. The van der Waals surface area contributed by atoms with Crippen molar-refractivity contribution in [3.63, 3.8) is 0 Å². The molecule has 0 atom stereocenters. The van der Waals surface area contributed by atoms with E-state index in [0.717, 1.165) is 6.04 Å². The van der Waals surface area contributed by atoms with Crippen molar-refractivity contribution in [1.29, 1.82) is 0 Å². The van der Waals surface area contributed by atoms with Gasteiger partial charge in [0.25, 0.3) is 0 Å². The van der Waals surface area contributed by atoms with Crippen LogP contribution in [-0.4, -0.2) is 47.3 Å². The molecular weight excluding hydrogens is 200 g/mol. The van der Waals surface area contributed by atoms with Crippen molar-refractivity contribution in [2.45, 2.75) is 18.9 Å². The van der Waals surface area contributed by atoms with Crippen molar-refractivity contribution < 1.29 is 0 Å². The number of hydrogen-bond donors (Lipinski definition) is 1. The van der Waals surface area contributed by atoms with Crippen molar-refractivity contribution in [1.82, 2.24) is 10.2 Å². The molecule has 76 valence electrons. The van der Waals surface area contributed by atoms with Crippen molar-refractivity contribution in [3.8, 4) is 0 Å². The fourth-order valence-electron chi connectivity index (χ4n) is 1.90. The van der Waals surface area contributed by atoms with Crippen LogP contribution in [0, 0.1) is 0 Å². The number of rotatable bonds is 1. The Hall–Kier alpha value is 0.620. The molecule has 0 aromatic heterocycles. The van der Waals surface area contributed by atoms with Gasteiger partial charge in [0, 0.05) is 29.3 Å². The third kappa shape index (κ3) is 3.05. The number of piperidine rings is 1. The molecule has 0 bridgehead atoms. The first-order valence-corrected chi connectivity index (χ1v) is 7.38. The van der Waals surface area contributed by atoms with E-state index in [0.29, 0.717) is 0 Å². The van der Waals surface area contributed by atoms with Gasteiger partial charge in [0.2, 0.25) is 0 Å². The molecule has 0 radical (unpaired) electrons. The minimum Gasteiger partial charge on any atom is -0.317 e. The fraction of sp³-hybridized carbons (Fsp3) is 1.00. The maximum absolute atomic E-state index is 3.43. The van der Waals surface area contributed by atoms with Crippen LogP contribution in [0.15, 0.2) is 0 Å². The van der Waals surface area contributed by atoms with Crippen LogP contribution in [0.2, 0.25) is 0 Å². The summed E-state index contributed by atoms with van der Waals surface area (Å²) < 4.78 is 0. The summed E-state index contributed by atoms with van der Waals surface area (Å²) in [6.07, 6.45) is 2.70. The summed E-state index contributed by atoms with van der Waals surface area (Å²) in [4.78, 5) is 2.67. The largest absolute Gasteiger partial charge is 0.317 e.